The predicted molar refractivity (Wildman–Crippen MR) is 46.6 cm³/mol. The Bertz CT molecular complexity index is 306. The molecule has 0 saturated carbocycles. The Labute approximate surface area is 73.2 Å². The molecule has 1 rings (SSSR count). The molecule has 1 heterocycles. The lowest BCUT2D eigenvalue weighted by Crippen LogP contribution is -2.22. The van der Waals surface area contributed by atoms with Crippen molar-refractivity contribution in [2.45, 2.75) is 19.9 Å². The van der Waals surface area contributed by atoms with Crippen LogP contribution in [-0.2, 0) is 0 Å². The molecule has 0 aliphatic carbocycles. The molecule has 0 radical (unpaired) electrons. The van der Waals surface area contributed by atoms with E-state index in [1.165, 1.54) is 12.5 Å². The predicted octanol–water partition coefficient (Wildman–Crippen LogP) is 1.59. The molecule has 11 heavy (non-hydrogen) atoms. The molecule has 0 N–H and O–H groups in total. The Hall–Kier alpha value is -0.640. The summed E-state index contributed by atoms with van der Waals surface area (Å²) < 4.78 is 2.08. The third-order valence-corrected chi connectivity index (χ3v) is 1.92. The van der Waals surface area contributed by atoms with Crippen LogP contribution in [0.2, 0.25) is 0 Å². The Balaban J connectivity index is 3.28. The van der Waals surface area contributed by atoms with Crippen molar-refractivity contribution in [2.75, 3.05) is 0 Å². The number of halogens is 1. The van der Waals surface area contributed by atoms with Gasteiger partial charge in [-0.3, -0.25) is 9.36 Å². The molecule has 1 aromatic heterocycles. The fourth-order valence-electron chi connectivity index (χ4n) is 0.769. The molecule has 0 spiro atoms. The summed E-state index contributed by atoms with van der Waals surface area (Å²) in [6, 6.07) is 0.160. The van der Waals surface area contributed by atoms with E-state index >= 15 is 0 Å². The molecule has 0 amide bonds. The number of hydrogen-bond acceptors (Lipinski definition) is 2. The Morgan fingerprint density at radius 3 is 2.73 bits per heavy atom. The number of rotatable bonds is 1. The maximum absolute atomic E-state index is 11.3. The highest BCUT2D eigenvalue weighted by Crippen LogP contribution is 2.02. The Kier molecular flexibility index (Phi) is 2.44. The number of hydrogen-bond donors (Lipinski definition) is 0. The minimum Gasteiger partial charge on any atom is -0.296 e. The molecule has 4 heteroatoms. The van der Waals surface area contributed by atoms with Gasteiger partial charge in [0.1, 0.15) is 4.47 Å². The van der Waals surface area contributed by atoms with E-state index < -0.39 is 0 Å². The highest BCUT2D eigenvalue weighted by molar-refractivity contribution is 9.10. The van der Waals surface area contributed by atoms with E-state index in [2.05, 4.69) is 20.9 Å². The van der Waals surface area contributed by atoms with Crippen LogP contribution in [-0.4, -0.2) is 9.55 Å². The van der Waals surface area contributed by atoms with Crippen LogP contribution in [0.4, 0.5) is 0 Å². The fourth-order valence-corrected chi connectivity index (χ4v) is 1.09. The molecule has 60 valence electrons. The molecular weight excluding hydrogens is 208 g/mol. The van der Waals surface area contributed by atoms with Crippen LogP contribution < -0.4 is 5.56 Å². The van der Waals surface area contributed by atoms with E-state index in [0.29, 0.717) is 4.47 Å². The standard InChI is InChI=1S/C7H9BrN2O/c1-5(2)10-4-9-3-6(8)7(10)11/h3-5H,1-2H3. The first-order chi connectivity index (χ1) is 5.13. The average molecular weight is 217 g/mol. The minimum absolute atomic E-state index is 0.0324. The van der Waals surface area contributed by atoms with E-state index in [1.54, 1.807) is 4.57 Å². The van der Waals surface area contributed by atoms with E-state index in [1.807, 2.05) is 13.8 Å². The molecule has 0 aliphatic heterocycles. The van der Waals surface area contributed by atoms with Crippen LogP contribution >= 0.6 is 15.9 Å². The lowest BCUT2D eigenvalue weighted by atomic mass is 10.4. The SMILES string of the molecule is CC(C)n1cncc(Br)c1=O. The molecule has 3 nitrogen and oxygen atoms in total. The Morgan fingerprint density at radius 2 is 2.27 bits per heavy atom. The van der Waals surface area contributed by atoms with E-state index in [4.69, 9.17) is 0 Å². The molecule has 0 unspecified atom stereocenters. The normalized spacial score (nSPS) is 10.5. The second-order valence-corrected chi connectivity index (χ2v) is 3.40. The smallest absolute Gasteiger partial charge is 0.267 e. The molecule has 0 aromatic carbocycles. The monoisotopic (exact) mass is 216 g/mol. The van der Waals surface area contributed by atoms with Crippen molar-refractivity contribution in [3.8, 4) is 0 Å². The summed E-state index contributed by atoms with van der Waals surface area (Å²) in [6.07, 6.45) is 3.04. The van der Waals surface area contributed by atoms with Gasteiger partial charge in [-0.15, -0.1) is 0 Å². The zero-order valence-corrected chi connectivity index (χ0v) is 8.00. The lowest BCUT2D eigenvalue weighted by Gasteiger charge is -2.07. The summed E-state index contributed by atoms with van der Waals surface area (Å²) >= 11 is 3.12. The maximum Gasteiger partial charge on any atom is 0.267 e. The largest absolute Gasteiger partial charge is 0.296 e. The summed E-state index contributed by atoms with van der Waals surface area (Å²) in [5.41, 5.74) is -0.0324. The van der Waals surface area contributed by atoms with Gasteiger partial charge in [-0.25, -0.2) is 4.98 Å². The fraction of sp³-hybridized carbons (Fsp3) is 0.429. The Morgan fingerprint density at radius 1 is 1.64 bits per heavy atom. The lowest BCUT2D eigenvalue weighted by molar-refractivity contribution is 0.565. The minimum atomic E-state index is -0.0324. The van der Waals surface area contributed by atoms with Gasteiger partial charge in [0.25, 0.3) is 5.56 Å². The molecule has 0 aliphatic rings. The molecular formula is C7H9BrN2O. The first-order valence-electron chi connectivity index (χ1n) is 3.34. The van der Waals surface area contributed by atoms with Gasteiger partial charge in [-0.1, -0.05) is 0 Å². The first-order valence-corrected chi connectivity index (χ1v) is 4.14. The van der Waals surface area contributed by atoms with Gasteiger partial charge in [-0.05, 0) is 29.8 Å². The molecule has 0 saturated heterocycles. The second kappa shape index (κ2) is 3.17. The topological polar surface area (TPSA) is 34.9 Å². The van der Waals surface area contributed by atoms with Crippen LogP contribution in [0.25, 0.3) is 0 Å². The highest BCUT2D eigenvalue weighted by Gasteiger charge is 2.02. The molecule has 0 bridgehead atoms. The summed E-state index contributed by atoms with van der Waals surface area (Å²) in [6.45, 7) is 3.88. The van der Waals surface area contributed by atoms with Crippen LogP contribution in [0.15, 0.2) is 21.8 Å². The van der Waals surface area contributed by atoms with Crippen LogP contribution in [0.1, 0.15) is 19.9 Å². The van der Waals surface area contributed by atoms with Crippen molar-refractivity contribution in [1.82, 2.24) is 9.55 Å². The quantitative estimate of drug-likeness (QED) is 0.715. The van der Waals surface area contributed by atoms with Crippen LogP contribution in [0.3, 0.4) is 0 Å². The summed E-state index contributed by atoms with van der Waals surface area (Å²) in [5.74, 6) is 0. The van der Waals surface area contributed by atoms with Gasteiger partial charge >= 0.3 is 0 Å². The zero-order valence-electron chi connectivity index (χ0n) is 6.41. The molecule has 0 atom stereocenters. The van der Waals surface area contributed by atoms with Crippen molar-refractivity contribution < 1.29 is 0 Å². The average Bonchev–Trinajstić information content (AvgIpc) is 1.94. The first kappa shape index (κ1) is 8.46. The van der Waals surface area contributed by atoms with Crippen LogP contribution in [0.5, 0.6) is 0 Å². The molecule has 1 aromatic rings. The van der Waals surface area contributed by atoms with E-state index in [-0.39, 0.29) is 11.6 Å². The van der Waals surface area contributed by atoms with Crippen molar-refractivity contribution >= 4 is 15.9 Å². The van der Waals surface area contributed by atoms with Gasteiger partial charge in [-0.2, -0.15) is 0 Å². The second-order valence-electron chi connectivity index (χ2n) is 2.55. The van der Waals surface area contributed by atoms with Gasteiger partial charge in [0.15, 0.2) is 0 Å². The van der Waals surface area contributed by atoms with E-state index in [0.717, 1.165) is 0 Å². The van der Waals surface area contributed by atoms with Crippen molar-refractivity contribution in [3.63, 3.8) is 0 Å². The third-order valence-electron chi connectivity index (χ3n) is 1.37. The van der Waals surface area contributed by atoms with Crippen molar-refractivity contribution in [2.24, 2.45) is 0 Å². The van der Waals surface area contributed by atoms with Crippen molar-refractivity contribution in [3.05, 3.63) is 27.4 Å². The molecule has 0 fully saturated rings. The summed E-state index contributed by atoms with van der Waals surface area (Å²) in [4.78, 5) is 15.2. The zero-order chi connectivity index (χ0) is 8.43. The van der Waals surface area contributed by atoms with E-state index in [9.17, 15) is 4.79 Å². The van der Waals surface area contributed by atoms with Gasteiger partial charge < -0.3 is 0 Å². The third kappa shape index (κ3) is 1.68. The van der Waals surface area contributed by atoms with Crippen LogP contribution in [0, 0.1) is 0 Å². The number of aromatic nitrogens is 2. The summed E-state index contributed by atoms with van der Waals surface area (Å²) in [7, 11) is 0. The maximum atomic E-state index is 11.3. The summed E-state index contributed by atoms with van der Waals surface area (Å²) in [5, 5.41) is 0. The number of nitrogens with zero attached hydrogens (tertiary/aromatic N) is 2. The van der Waals surface area contributed by atoms with Gasteiger partial charge in [0, 0.05) is 12.2 Å². The van der Waals surface area contributed by atoms with Gasteiger partial charge in [0.05, 0.1) is 6.33 Å². The highest BCUT2D eigenvalue weighted by atomic mass is 79.9. The van der Waals surface area contributed by atoms with Gasteiger partial charge in [0.2, 0.25) is 0 Å². The van der Waals surface area contributed by atoms with Crippen molar-refractivity contribution in [1.29, 1.82) is 0 Å².